The predicted octanol–water partition coefficient (Wildman–Crippen LogP) is 0.744. The molecule has 0 amide bonds. The van der Waals surface area contributed by atoms with Crippen molar-refractivity contribution < 1.29 is 23.0 Å². The van der Waals surface area contributed by atoms with Gasteiger partial charge in [0.15, 0.2) is 0 Å². The molecule has 0 radical (unpaired) electrons. The number of carbonyl (C=O) groups is 1. The minimum Gasteiger partial charge on any atom is -0.392 e. The van der Waals surface area contributed by atoms with Crippen LogP contribution in [0, 0.1) is 0 Å². The Morgan fingerprint density at radius 1 is 1.25 bits per heavy atom. The molecule has 1 aliphatic rings. The molecule has 0 aliphatic carbocycles. The van der Waals surface area contributed by atoms with Gasteiger partial charge in [0.1, 0.15) is 0 Å². The van der Waals surface area contributed by atoms with Crippen molar-refractivity contribution in [3.8, 4) is 0 Å². The van der Waals surface area contributed by atoms with E-state index in [1.807, 2.05) is 0 Å². The average Bonchev–Trinajstić information content (AvgIpc) is 1.85. The minimum absolute atomic E-state index is 1.30. The van der Waals surface area contributed by atoms with Crippen LogP contribution in [0.2, 0.25) is 0 Å². The fourth-order valence-electron chi connectivity index (χ4n) is 0.319. The third-order valence-corrected chi connectivity index (χ3v) is 0.624. The van der Waals surface area contributed by atoms with Gasteiger partial charge in [0.2, 0.25) is 0 Å². The molecule has 3 nitrogen and oxygen atoms in total. The molecule has 0 aromatic heterocycles. The van der Waals surface area contributed by atoms with E-state index < -0.39 is 18.9 Å². The van der Waals surface area contributed by atoms with Gasteiger partial charge in [-0.25, -0.2) is 4.79 Å². The van der Waals surface area contributed by atoms with Crippen LogP contribution in [0.3, 0.4) is 0 Å². The summed E-state index contributed by atoms with van der Waals surface area (Å²) in [5.74, 6) is 0. The van der Waals surface area contributed by atoms with Gasteiger partial charge in [0.05, 0.1) is 0 Å². The summed E-state index contributed by atoms with van der Waals surface area (Å²) in [6.07, 6.45) is -5.80. The van der Waals surface area contributed by atoms with Crippen molar-refractivity contribution >= 4 is 6.16 Å². The first-order valence-electron chi connectivity index (χ1n) is 1.85. The van der Waals surface area contributed by atoms with E-state index in [4.69, 9.17) is 0 Å². The number of halogens is 2. The highest BCUT2D eigenvalue weighted by Crippen LogP contribution is 2.16. The second-order valence-electron chi connectivity index (χ2n) is 1.19. The van der Waals surface area contributed by atoms with E-state index in [0.717, 1.165) is 0 Å². The van der Waals surface area contributed by atoms with Gasteiger partial charge in [-0.2, -0.15) is 8.78 Å². The van der Waals surface area contributed by atoms with E-state index in [2.05, 4.69) is 9.47 Å². The maximum Gasteiger partial charge on any atom is 0.513 e. The van der Waals surface area contributed by atoms with Gasteiger partial charge in [-0.15, -0.1) is 0 Å². The van der Waals surface area contributed by atoms with Gasteiger partial charge < -0.3 is 9.47 Å². The van der Waals surface area contributed by atoms with Crippen molar-refractivity contribution in [2.75, 3.05) is 0 Å². The zero-order valence-corrected chi connectivity index (χ0v) is 3.64. The standard InChI is InChI=1S/C3H2F2O3/c4-1-2(5)8-3(6)7-1/h1-2H/t1-,2?/m1/s1. The minimum atomic E-state index is -2.25. The van der Waals surface area contributed by atoms with Crippen LogP contribution in [0.15, 0.2) is 0 Å². The Balaban J connectivity index is 2.51. The Labute approximate surface area is 43.2 Å². The highest BCUT2D eigenvalue weighted by atomic mass is 19.2. The van der Waals surface area contributed by atoms with Crippen molar-refractivity contribution in [1.29, 1.82) is 0 Å². The first-order chi connectivity index (χ1) is 3.70. The molecule has 8 heavy (non-hydrogen) atoms. The van der Waals surface area contributed by atoms with Gasteiger partial charge >= 0.3 is 18.9 Å². The molecule has 1 unspecified atom stereocenters. The molecule has 1 fully saturated rings. The van der Waals surface area contributed by atoms with Crippen LogP contribution in [0.1, 0.15) is 0 Å². The predicted molar refractivity (Wildman–Crippen MR) is 17.4 cm³/mol. The van der Waals surface area contributed by atoms with Crippen molar-refractivity contribution in [2.24, 2.45) is 0 Å². The van der Waals surface area contributed by atoms with Crippen LogP contribution in [-0.2, 0) is 9.47 Å². The summed E-state index contributed by atoms with van der Waals surface area (Å²) in [5, 5.41) is 0. The molecule has 2 atom stereocenters. The average molecular weight is 124 g/mol. The molecule has 0 saturated carbocycles. The quantitative estimate of drug-likeness (QED) is 0.447. The van der Waals surface area contributed by atoms with Crippen LogP contribution >= 0.6 is 0 Å². The van der Waals surface area contributed by atoms with Gasteiger partial charge in [-0.1, -0.05) is 0 Å². The summed E-state index contributed by atoms with van der Waals surface area (Å²) in [4.78, 5) is 9.74. The molecule has 0 bridgehead atoms. The number of hydrogen-bond donors (Lipinski definition) is 0. The zero-order chi connectivity index (χ0) is 6.15. The molecule has 1 heterocycles. The second kappa shape index (κ2) is 1.57. The lowest BCUT2D eigenvalue weighted by atomic mass is 10.7. The van der Waals surface area contributed by atoms with Gasteiger partial charge in [-0.05, 0) is 0 Å². The number of ether oxygens (including phenoxy) is 2. The van der Waals surface area contributed by atoms with E-state index in [1.165, 1.54) is 0 Å². The van der Waals surface area contributed by atoms with Gasteiger partial charge in [0.25, 0.3) is 0 Å². The summed E-state index contributed by atoms with van der Waals surface area (Å²) in [6, 6.07) is 0. The Morgan fingerprint density at radius 3 is 1.75 bits per heavy atom. The summed E-state index contributed by atoms with van der Waals surface area (Å²) in [5.41, 5.74) is 0. The highest BCUT2D eigenvalue weighted by Gasteiger charge is 2.36. The Kier molecular flexibility index (Phi) is 1.04. The summed E-state index contributed by atoms with van der Waals surface area (Å²) < 4.78 is 30.4. The smallest absolute Gasteiger partial charge is 0.392 e. The van der Waals surface area contributed by atoms with Crippen LogP contribution in [-0.4, -0.2) is 18.9 Å². The van der Waals surface area contributed by atoms with E-state index in [-0.39, 0.29) is 0 Å². The first kappa shape index (κ1) is 5.27. The topological polar surface area (TPSA) is 35.5 Å². The maximum absolute atomic E-state index is 11.6. The van der Waals surface area contributed by atoms with Crippen molar-refractivity contribution in [3.63, 3.8) is 0 Å². The largest absolute Gasteiger partial charge is 0.513 e. The maximum atomic E-state index is 11.6. The molecule has 0 N–H and O–H groups in total. The summed E-state index contributed by atoms with van der Waals surface area (Å²) in [6.45, 7) is 0. The van der Waals surface area contributed by atoms with E-state index in [9.17, 15) is 13.6 Å². The lowest BCUT2D eigenvalue weighted by Crippen LogP contribution is -2.09. The molecule has 46 valence electrons. The van der Waals surface area contributed by atoms with Crippen LogP contribution < -0.4 is 0 Å². The summed E-state index contributed by atoms with van der Waals surface area (Å²) >= 11 is 0. The number of hydrogen-bond acceptors (Lipinski definition) is 3. The fourth-order valence-corrected chi connectivity index (χ4v) is 0.319. The molecule has 1 aliphatic heterocycles. The van der Waals surface area contributed by atoms with Gasteiger partial charge in [0, 0.05) is 0 Å². The number of alkyl halides is 2. The Morgan fingerprint density at radius 2 is 1.62 bits per heavy atom. The SMILES string of the molecule is O=C1OC(F)[C@H](F)O1. The van der Waals surface area contributed by atoms with Crippen LogP contribution in [0.5, 0.6) is 0 Å². The van der Waals surface area contributed by atoms with E-state index in [1.54, 1.807) is 0 Å². The first-order valence-corrected chi connectivity index (χ1v) is 1.85. The van der Waals surface area contributed by atoms with Crippen molar-refractivity contribution in [2.45, 2.75) is 12.7 Å². The van der Waals surface area contributed by atoms with Crippen molar-refractivity contribution in [3.05, 3.63) is 0 Å². The molecular formula is C3H2F2O3. The molecule has 0 aromatic carbocycles. The molecule has 1 rings (SSSR count). The molecule has 0 aromatic rings. The fraction of sp³-hybridized carbons (Fsp3) is 0.667. The molecule has 1 saturated heterocycles. The number of rotatable bonds is 0. The third kappa shape index (κ3) is 0.706. The summed E-state index contributed by atoms with van der Waals surface area (Å²) in [7, 11) is 0. The lowest BCUT2D eigenvalue weighted by Gasteiger charge is -1.92. The second-order valence-corrected chi connectivity index (χ2v) is 1.19. The Bertz CT molecular complexity index is 103. The highest BCUT2D eigenvalue weighted by molar-refractivity contribution is 5.61. The molecule has 0 spiro atoms. The van der Waals surface area contributed by atoms with Crippen LogP contribution in [0.4, 0.5) is 13.6 Å². The lowest BCUT2D eigenvalue weighted by molar-refractivity contribution is -0.0349. The third-order valence-electron chi connectivity index (χ3n) is 0.624. The monoisotopic (exact) mass is 124 g/mol. The normalized spacial score (nSPS) is 36.5. The Hall–Kier alpha value is -0.870. The number of carbonyl (C=O) groups excluding carboxylic acids is 1. The molecule has 5 heteroatoms. The van der Waals surface area contributed by atoms with E-state index in [0.29, 0.717) is 0 Å². The van der Waals surface area contributed by atoms with Crippen molar-refractivity contribution in [1.82, 2.24) is 0 Å². The van der Waals surface area contributed by atoms with Crippen LogP contribution in [0.25, 0.3) is 0 Å². The molecular weight excluding hydrogens is 122 g/mol. The van der Waals surface area contributed by atoms with Gasteiger partial charge in [-0.3, -0.25) is 0 Å². The van der Waals surface area contributed by atoms with E-state index >= 15 is 0 Å². The number of cyclic esters (lactones) is 2. The zero-order valence-electron chi connectivity index (χ0n) is 3.64.